The Balaban J connectivity index is 2.34. The summed E-state index contributed by atoms with van der Waals surface area (Å²) in [6, 6.07) is 3.68. The highest BCUT2D eigenvalue weighted by atomic mass is 16.6. The van der Waals surface area contributed by atoms with Crippen LogP contribution >= 0.6 is 0 Å². The molecule has 0 atom stereocenters. The van der Waals surface area contributed by atoms with E-state index in [0.717, 1.165) is 5.56 Å². The summed E-state index contributed by atoms with van der Waals surface area (Å²) >= 11 is 0. The first-order valence-electron chi connectivity index (χ1n) is 4.18. The number of aromatic nitrogens is 1. The third-order valence-electron chi connectivity index (χ3n) is 1.43. The summed E-state index contributed by atoms with van der Waals surface area (Å²) in [4.78, 5) is 14.9. The Morgan fingerprint density at radius 3 is 3.07 bits per heavy atom. The number of nitrogens with one attached hydrogen (secondary N) is 1. The van der Waals surface area contributed by atoms with E-state index in [-0.39, 0.29) is 0 Å². The maximum absolute atomic E-state index is 11.0. The fraction of sp³-hybridized carbons (Fsp3) is 0.200. The molecule has 0 aromatic carbocycles. The molecule has 4 heteroatoms. The molecule has 0 aliphatic rings. The van der Waals surface area contributed by atoms with Crippen LogP contribution in [-0.4, -0.2) is 11.1 Å². The van der Waals surface area contributed by atoms with Crippen LogP contribution in [0.2, 0.25) is 0 Å². The lowest BCUT2D eigenvalue weighted by molar-refractivity contribution is 0.176. The van der Waals surface area contributed by atoms with Gasteiger partial charge in [0.05, 0.1) is 5.76 Å². The van der Waals surface area contributed by atoms with Crippen LogP contribution in [0, 0.1) is 0 Å². The van der Waals surface area contributed by atoms with E-state index in [1.54, 1.807) is 25.4 Å². The molecule has 0 bridgehead atoms. The minimum Gasteiger partial charge on any atom is -0.416 e. The van der Waals surface area contributed by atoms with Crippen molar-refractivity contribution in [2.45, 2.75) is 13.5 Å². The molecule has 1 heterocycles. The molecule has 74 valence electrons. The van der Waals surface area contributed by atoms with E-state index in [1.807, 2.05) is 6.07 Å². The normalized spacial score (nSPS) is 9.21. The Bertz CT molecular complexity index is 322. The second kappa shape index (κ2) is 5.01. The fourth-order valence-corrected chi connectivity index (χ4v) is 0.871. The van der Waals surface area contributed by atoms with Crippen molar-refractivity contribution in [2.75, 3.05) is 0 Å². The number of hydrogen-bond donors (Lipinski definition) is 1. The van der Waals surface area contributed by atoms with E-state index in [1.165, 1.54) is 0 Å². The molecule has 0 saturated carbocycles. The number of rotatable bonds is 3. The number of alkyl carbamates (subject to hydrolysis) is 1. The van der Waals surface area contributed by atoms with Gasteiger partial charge < -0.3 is 10.1 Å². The molecule has 1 amide bonds. The third kappa shape index (κ3) is 3.71. The fourth-order valence-electron chi connectivity index (χ4n) is 0.871. The van der Waals surface area contributed by atoms with Crippen LogP contribution in [0.3, 0.4) is 0 Å². The summed E-state index contributed by atoms with van der Waals surface area (Å²) in [6.07, 6.45) is 2.86. The van der Waals surface area contributed by atoms with Crippen molar-refractivity contribution in [3.63, 3.8) is 0 Å². The molecule has 4 nitrogen and oxygen atoms in total. The highest BCUT2D eigenvalue weighted by molar-refractivity contribution is 5.68. The highest BCUT2D eigenvalue weighted by Gasteiger charge is 2.01. The molecule has 0 fully saturated rings. The molecule has 0 aliphatic carbocycles. The van der Waals surface area contributed by atoms with E-state index < -0.39 is 6.09 Å². The third-order valence-corrected chi connectivity index (χ3v) is 1.43. The number of nitrogens with zero attached hydrogens (tertiary/aromatic N) is 1. The minimum absolute atomic E-state index is 0.369. The van der Waals surface area contributed by atoms with E-state index in [9.17, 15) is 4.79 Å². The minimum atomic E-state index is -0.499. The molecule has 0 radical (unpaired) electrons. The highest BCUT2D eigenvalue weighted by Crippen LogP contribution is 1.96. The van der Waals surface area contributed by atoms with Crippen LogP contribution in [0.5, 0.6) is 0 Å². The van der Waals surface area contributed by atoms with Gasteiger partial charge in [0.1, 0.15) is 0 Å². The molecular weight excluding hydrogens is 180 g/mol. The molecule has 0 unspecified atom stereocenters. The largest absolute Gasteiger partial charge is 0.416 e. The second-order valence-electron chi connectivity index (χ2n) is 2.81. The number of allylic oxidation sites excluding steroid dienone is 1. The number of carbonyl (C=O) groups is 1. The topological polar surface area (TPSA) is 51.2 Å². The van der Waals surface area contributed by atoms with Gasteiger partial charge in [-0.2, -0.15) is 0 Å². The molecule has 1 aromatic rings. The molecule has 0 saturated heterocycles. The first-order chi connectivity index (χ1) is 6.68. The molecule has 0 aliphatic heterocycles. The summed E-state index contributed by atoms with van der Waals surface area (Å²) in [5.41, 5.74) is 0.922. The average molecular weight is 192 g/mol. The quantitative estimate of drug-likeness (QED) is 0.743. The van der Waals surface area contributed by atoms with Gasteiger partial charge in [-0.25, -0.2) is 4.79 Å². The summed E-state index contributed by atoms with van der Waals surface area (Å²) in [6.45, 7) is 5.47. The van der Waals surface area contributed by atoms with Crippen molar-refractivity contribution in [2.24, 2.45) is 0 Å². The summed E-state index contributed by atoms with van der Waals surface area (Å²) in [5, 5.41) is 2.57. The Labute approximate surface area is 82.6 Å². The van der Waals surface area contributed by atoms with Gasteiger partial charge in [0.2, 0.25) is 0 Å². The molecule has 1 aromatic heterocycles. The average Bonchev–Trinajstić information content (AvgIpc) is 2.15. The number of carbonyl (C=O) groups excluding carboxylic acids is 1. The maximum atomic E-state index is 11.0. The zero-order valence-electron chi connectivity index (χ0n) is 7.99. The molecular formula is C10H12N2O2. The SMILES string of the molecule is C=C(C)OC(=O)NCc1cccnc1. The Morgan fingerprint density at radius 1 is 1.71 bits per heavy atom. The van der Waals surface area contributed by atoms with E-state index >= 15 is 0 Å². The Kier molecular flexibility index (Phi) is 3.67. The lowest BCUT2D eigenvalue weighted by atomic mass is 10.3. The van der Waals surface area contributed by atoms with Crippen molar-refractivity contribution in [3.8, 4) is 0 Å². The van der Waals surface area contributed by atoms with E-state index in [2.05, 4.69) is 16.9 Å². The molecule has 1 N–H and O–H groups in total. The van der Waals surface area contributed by atoms with Crippen LogP contribution in [0.25, 0.3) is 0 Å². The molecule has 14 heavy (non-hydrogen) atoms. The maximum Gasteiger partial charge on any atom is 0.412 e. The molecule has 1 rings (SSSR count). The van der Waals surface area contributed by atoms with Gasteiger partial charge >= 0.3 is 6.09 Å². The number of amides is 1. The predicted molar refractivity (Wildman–Crippen MR) is 52.4 cm³/mol. The zero-order valence-corrected chi connectivity index (χ0v) is 7.99. The molecule has 0 spiro atoms. The number of hydrogen-bond acceptors (Lipinski definition) is 3. The van der Waals surface area contributed by atoms with Crippen molar-refractivity contribution in [1.29, 1.82) is 0 Å². The van der Waals surface area contributed by atoms with E-state index in [0.29, 0.717) is 12.3 Å². The van der Waals surface area contributed by atoms with Crippen molar-refractivity contribution >= 4 is 6.09 Å². The summed E-state index contributed by atoms with van der Waals surface area (Å²) in [7, 11) is 0. The Hall–Kier alpha value is -1.84. The van der Waals surface area contributed by atoms with Crippen LogP contribution in [0.1, 0.15) is 12.5 Å². The van der Waals surface area contributed by atoms with Gasteiger partial charge in [-0.3, -0.25) is 4.98 Å². The van der Waals surface area contributed by atoms with Crippen molar-refractivity contribution in [3.05, 3.63) is 42.4 Å². The van der Waals surface area contributed by atoms with Crippen LogP contribution in [0.15, 0.2) is 36.9 Å². The smallest absolute Gasteiger partial charge is 0.412 e. The van der Waals surface area contributed by atoms with Crippen LogP contribution in [0.4, 0.5) is 4.79 Å². The summed E-state index contributed by atoms with van der Waals surface area (Å²) in [5.74, 6) is 0.369. The van der Waals surface area contributed by atoms with Gasteiger partial charge in [0.15, 0.2) is 0 Å². The van der Waals surface area contributed by atoms with Crippen LogP contribution < -0.4 is 5.32 Å². The lowest BCUT2D eigenvalue weighted by Gasteiger charge is -2.05. The Morgan fingerprint density at radius 2 is 2.50 bits per heavy atom. The van der Waals surface area contributed by atoms with E-state index in [4.69, 9.17) is 4.74 Å². The van der Waals surface area contributed by atoms with Gasteiger partial charge in [-0.05, 0) is 18.6 Å². The van der Waals surface area contributed by atoms with Crippen molar-refractivity contribution < 1.29 is 9.53 Å². The van der Waals surface area contributed by atoms with Crippen molar-refractivity contribution in [1.82, 2.24) is 10.3 Å². The first-order valence-corrected chi connectivity index (χ1v) is 4.18. The van der Waals surface area contributed by atoms with Gasteiger partial charge in [-0.1, -0.05) is 12.6 Å². The number of ether oxygens (including phenoxy) is 1. The van der Waals surface area contributed by atoms with Gasteiger partial charge in [0, 0.05) is 18.9 Å². The predicted octanol–water partition coefficient (Wildman–Crippen LogP) is 1.84. The monoisotopic (exact) mass is 192 g/mol. The van der Waals surface area contributed by atoms with Gasteiger partial charge in [-0.15, -0.1) is 0 Å². The first kappa shape index (κ1) is 10.2. The van der Waals surface area contributed by atoms with Crippen LogP contribution in [-0.2, 0) is 11.3 Å². The van der Waals surface area contributed by atoms with Gasteiger partial charge in [0.25, 0.3) is 0 Å². The number of pyridine rings is 1. The lowest BCUT2D eigenvalue weighted by Crippen LogP contribution is -2.22. The summed E-state index contributed by atoms with van der Waals surface area (Å²) < 4.78 is 4.71. The second-order valence-corrected chi connectivity index (χ2v) is 2.81. The standard InChI is InChI=1S/C10H12N2O2/c1-8(2)14-10(13)12-7-9-4-3-5-11-6-9/h3-6H,1,7H2,2H3,(H,12,13). The zero-order chi connectivity index (χ0) is 10.4.